The molecule has 0 amide bonds. The SMILES string of the molecule is CC1CC2(CCN1C)CC(F)(F)C2. The molecule has 2 aliphatic rings. The zero-order chi connectivity index (χ0) is 9.69. The summed E-state index contributed by atoms with van der Waals surface area (Å²) in [7, 11) is 2.08. The molecule has 1 spiro atoms. The first-order valence-electron chi connectivity index (χ1n) is 5.01. The molecule has 0 aromatic rings. The second-order valence-corrected chi connectivity index (χ2v) is 4.99. The Kier molecular flexibility index (Phi) is 1.92. The van der Waals surface area contributed by atoms with Crippen LogP contribution < -0.4 is 0 Å². The van der Waals surface area contributed by atoms with Crippen LogP contribution in [0.15, 0.2) is 0 Å². The summed E-state index contributed by atoms with van der Waals surface area (Å²) in [5.41, 5.74) is -0.00454. The molecule has 13 heavy (non-hydrogen) atoms. The molecule has 76 valence electrons. The molecule has 0 aromatic heterocycles. The first-order valence-corrected chi connectivity index (χ1v) is 5.01. The van der Waals surface area contributed by atoms with Crippen LogP contribution in [-0.2, 0) is 0 Å². The predicted molar refractivity (Wildman–Crippen MR) is 47.9 cm³/mol. The minimum Gasteiger partial charge on any atom is -0.304 e. The van der Waals surface area contributed by atoms with E-state index in [9.17, 15) is 8.78 Å². The maximum atomic E-state index is 12.8. The van der Waals surface area contributed by atoms with Crippen LogP contribution in [0.4, 0.5) is 8.78 Å². The van der Waals surface area contributed by atoms with Gasteiger partial charge >= 0.3 is 0 Å². The van der Waals surface area contributed by atoms with E-state index in [0.29, 0.717) is 6.04 Å². The molecule has 1 aliphatic carbocycles. The van der Waals surface area contributed by atoms with Crippen LogP contribution in [0.25, 0.3) is 0 Å². The lowest BCUT2D eigenvalue weighted by molar-refractivity contribution is -0.182. The van der Waals surface area contributed by atoms with Crippen LogP contribution in [0.5, 0.6) is 0 Å². The summed E-state index contributed by atoms with van der Waals surface area (Å²) in [6, 6.07) is 0.477. The van der Waals surface area contributed by atoms with Gasteiger partial charge in [0.1, 0.15) is 0 Å². The number of nitrogens with zero attached hydrogens (tertiary/aromatic N) is 1. The van der Waals surface area contributed by atoms with E-state index in [0.717, 1.165) is 19.4 Å². The zero-order valence-corrected chi connectivity index (χ0v) is 8.32. The van der Waals surface area contributed by atoms with Crippen molar-refractivity contribution >= 4 is 0 Å². The van der Waals surface area contributed by atoms with Gasteiger partial charge in [-0.15, -0.1) is 0 Å². The first kappa shape index (κ1) is 9.38. The van der Waals surface area contributed by atoms with Crippen molar-refractivity contribution in [3.63, 3.8) is 0 Å². The van der Waals surface area contributed by atoms with Crippen LogP contribution >= 0.6 is 0 Å². The Morgan fingerprint density at radius 2 is 1.92 bits per heavy atom. The van der Waals surface area contributed by atoms with Gasteiger partial charge in [-0.25, -0.2) is 8.78 Å². The Morgan fingerprint density at radius 1 is 1.31 bits per heavy atom. The van der Waals surface area contributed by atoms with Crippen molar-refractivity contribution < 1.29 is 8.78 Å². The number of piperidine rings is 1. The number of alkyl halides is 2. The topological polar surface area (TPSA) is 3.24 Å². The molecular formula is C10H17F2N. The molecule has 0 radical (unpaired) electrons. The molecule has 3 heteroatoms. The van der Waals surface area contributed by atoms with Crippen LogP contribution in [-0.4, -0.2) is 30.5 Å². The highest BCUT2D eigenvalue weighted by molar-refractivity contribution is 5.02. The number of halogens is 2. The Labute approximate surface area is 78.1 Å². The molecule has 0 aromatic carbocycles. The average Bonchev–Trinajstić information content (AvgIpc) is 1.94. The third-order valence-corrected chi connectivity index (χ3v) is 3.74. The summed E-state index contributed by atoms with van der Waals surface area (Å²) >= 11 is 0. The Balaban J connectivity index is 1.97. The van der Waals surface area contributed by atoms with E-state index in [1.54, 1.807) is 0 Å². The lowest BCUT2D eigenvalue weighted by atomic mass is 9.59. The third kappa shape index (κ3) is 1.58. The number of likely N-dealkylation sites (tertiary alicyclic amines) is 1. The minimum atomic E-state index is -2.35. The molecule has 1 heterocycles. The van der Waals surface area contributed by atoms with Gasteiger partial charge in [-0.1, -0.05) is 0 Å². The van der Waals surface area contributed by atoms with Crippen molar-refractivity contribution in [2.24, 2.45) is 5.41 Å². The van der Waals surface area contributed by atoms with Crippen molar-refractivity contribution in [3.8, 4) is 0 Å². The highest BCUT2D eigenvalue weighted by Crippen LogP contribution is 2.58. The molecule has 0 N–H and O–H groups in total. The molecule has 2 fully saturated rings. The highest BCUT2D eigenvalue weighted by atomic mass is 19.3. The van der Waals surface area contributed by atoms with Crippen LogP contribution in [0.3, 0.4) is 0 Å². The van der Waals surface area contributed by atoms with Crippen molar-refractivity contribution in [3.05, 3.63) is 0 Å². The molecule has 1 unspecified atom stereocenters. The molecule has 1 saturated heterocycles. The standard InChI is InChI=1S/C10H17F2N/c1-8-5-9(3-4-13(8)2)6-10(11,12)7-9/h8H,3-7H2,1-2H3. The van der Waals surface area contributed by atoms with E-state index in [2.05, 4.69) is 18.9 Å². The highest BCUT2D eigenvalue weighted by Gasteiger charge is 2.57. The fraction of sp³-hybridized carbons (Fsp3) is 1.00. The van der Waals surface area contributed by atoms with Gasteiger partial charge in [0.2, 0.25) is 5.92 Å². The van der Waals surface area contributed by atoms with Gasteiger partial charge in [-0.3, -0.25) is 0 Å². The summed E-state index contributed by atoms with van der Waals surface area (Å²) in [6.07, 6.45) is 2.19. The van der Waals surface area contributed by atoms with E-state index < -0.39 is 5.92 Å². The molecule has 0 bridgehead atoms. The molecule has 2 rings (SSSR count). The monoisotopic (exact) mass is 189 g/mol. The second-order valence-electron chi connectivity index (χ2n) is 4.99. The maximum absolute atomic E-state index is 12.8. The summed E-state index contributed by atoms with van der Waals surface area (Å²) in [4.78, 5) is 2.27. The van der Waals surface area contributed by atoms with Crippen LogP contribution in [0, 0.1) is 5.41 Å². The Bertz CT molecular complexity index is 207. The molecule has 1 atom stereocenters. The quantitative estimate of drug-likeness (QED) is 0.566. The van der Waals surface area contributed by atoms with Gasteiger partial charge in [-0.05, 0) is 38.8 Å². The fourth-order valence-corrected chi connectivity index (χ4v) is 2.89. The Hall–Kier alpha value is -0.180. The fourth-order valence-electron chi connectivity index (χ4n) is 2.89. The largest absolute Gasteiger partial charge is 0.304 e. The molecule has 1 aliphatic heterocycles. The minimum absolute atomic E-state index is 0.00454. The van der Waals surface area contributed by atoms with Gasteiger partial charge < -0.3 is 4.90 Å². The molecular weight excluding hydrogens is 172 g/mol. The zero-order valence-electron chi connectivity index (χ0n) is 8.32. The van der Waals surface area contributed by atoms with Crippen molar-refractivity contribution in [1.82, 2.24) is 4.90 Å². The lowest BCUT2D eigenvalue weighted by Gasteiger charge is -2.53. The van der Waals surface area contributed by atoms with E-state index in [1.807, 2.05) is 0 Å². The normalized spacial score (nSPS) is 37.4. The van der Waals surface area contributed by atoms with E-state index in [4.69, 9.17) is 0 Å². The maximum Gasteiger partial charge on any atom is 0.249 e. The van der Waals surface area contributed by atoms with Crippen LogP contribution in [0.2, 0.25) is 0 Å². The van der Waals surface area contributed by atoms with Crippen molar-refractivity contribution in [2.45, 2.75) is 44.6 Å². The summed E-state index contributed by atoms with van der Waals surface area (Å²) in [5.74, 6) is -2.35. The average molecular weight is 189 g/mol. The van der Waals surface area contributed by atoms with Crippen LogP contribution in [0.1, 0.15) is 32.6 Å². The molecule has 1 saturated carbocycles. The third-order valence-electron chi connectivity index (χ3n) is 3.74. The first-order chi connectivity index (χ1) is 5.93. The summed E-state index contributed by atoms with van der Waals surface area (Å²) in [5, 5.41) is 0. The number of hydrogen-bond donors (Lipinski definition) is 0. The smallest absolute Gasteiger partial charge is 0.249 e. The second kappa shape index (κ2) is 2.66. The summed E-state index contributed by atoms with van der Waals surface area (Å²) in [6.45, 7) is 3.12. The number of hydrogen-bond acceptors (Lipinski definition) is 1. The van der Waals surface area contributed by atoms with Gasteiger partial charge in [-0.2, -0.15) is 0 Å². The van der Waals surface area contributed by atoms with E-state index in [-0.39, 0.29) is 18.3 Å². The summed E-state index contributed by atoms with van der Waals surface area (Å²) < 4.78 is 25.6. The van der Waals surface area contributed by atoms with E-state index in [1.165, 1.54) is 0 Å². The van der Waals surface area contributed by atoms with Gasteiger partial charge in [0.15, 0.2) is 0 Å². The van der Waals surface area contributed by atoms with E-state index >= 15 is 0 Å². The van der Waals surface area contributed by atoms with Crippen molar-refractivity contribution in [1.29, 1.82) is 0 Å². The van der Waals surface area contributed by atoms with Gasteiger partial charge in [0, 0.05) is 18.9 Å². The van der Waals surface area contributed by atoms with Gasteiger partial charge in [0.05, 0.1) is 0 Å². The van der Waals surface area contributed by atoms with Crippen molar-refractivity contribution in [2.75, 3.05) is 13.6 Å². The lowest BCUT2D eigenvalue weighted by Crippen LogP contribution is -2.54. The predicted octanol–water partition coefficient (Wildman–Crippen LogP) is 2.52. The van der Waals surface area contributed by atoms with Gasteiger partial charge in [0.25, 0.3) is 0 Å². The molecule has 1 nitrogen and oxygen atoms in total. The Morgan fingerprint density at radius 3 is 2.38 bits per heavy atom. The number of rotatable bonds is 0.